The van der Waals surface area contributed by atoms with Crippen LogP contribution in [0.2, 0.25) is 0 Å². The summed E-state index contributed by atoms with van der Waals surface area (Å²) in [6.45, 7) is 0. The van der Waals surface area contributed by atoms with Crippen LogP contribution in [0.4, 0.5) is 5.69 Å². The highest BCUT2D eigenvalue weighted by Crippen LogP contribution is 2.04. The van der Waals surface area contributed by atoms with Gasteiger partial charge in [0.05, 0.1) is 23.1 Å². The van der Waals surface area contributed by atoms with Crippen LogP contribution in [0.15, 0.2) is 46.3 Å². The number of hydrogen-bond acceptors (Lipinski definition) is 4. The molecule has 0 atom stereocenters. The molecule has 2 aromatic rings. The van der Waals surface area contributed by atoms with Crippen LogP contribution >= 0.6 is 11.3 Å². The number of hydrogen-bond donors (Lipinski definition) is 1. The van der Waals surface area contributed by atoms with Crippen LogP contribution in [0.3, 0.4) is 0 Å². The third kappa shape index (κ3) is 2.40. The van der Waals surface area contributed by atoms with Gasteiger partial charge in [0.1, 0.15) is 0 Å². The summed E-state index contributed by atoms with van der Waals surface area (Å²) < 4.78 is 0. The van der Waals surface area contributed by atoms with Gasteiger partial charge in [0.2, 0.25) is 0 Å². The van der Waals surface area contributed by atoms with E-state index in [1.54, 1.807) is 23.1 Å². The lowest BCUT2D eigenvalue weighted by atomic mass is 10.3. The van der Waals surface area contributed by atoms with E-state index in [1.165, 1.54) is 0 Å². The summed E-state index contributed by atoms with van der Waals surface area (Å²) in [5.74, 6) is 0. The zero-order valence-corrected chi connectivity index (χ0v) is 8.24. The maximum Gasteiger partial charge on any atom is 0.0939 e. The largest absolute Gasteiger partial charge is 0.278 e. The van der Waals surface area contributed by atoms with Gasteiger partial charge in [-0.25, -0.2) is 4.98 Å². The van der Waals surface area contributed by atoms with Crippen LogP contribution in [0.1, 0.15) is 5.69 Å². The van der Waals surface area contributed by atoms with Gasteiger partial charge in [-0.1, -0.05) is 18.2 Å². The minimum Gasteiger partial charge on any atom is -0.278 e. The molecule has 1 N–H and O–H groups in total. The summed E-state index contributed by atoms with van der Waals surface area (Å²) >= 11 is 1.56. The lowest BCUT2D eigenvalue weighted by Crippen LogP contribution is -1.89. The van der Waals surface area contributed by atoms with Crippen LogP contribution in [0.25, 0.3) is 0 Å². The summed E-state index contributed by atoms with van der Waals surface area (Å²) in [7, 11) is 0. The van der Waals surface area contributed by atoms with Crippen LogP contribution < -0.4 is 5.43 Å². The lowest BCUT2D eigenvalue weighted by Gasteiger charge is -1.96. The predicted molar refractivity (Wildman–Crippen MR) is 59.8 cm³/mol. The molecule has 0 aliphatic rings. The number of nitrogens with one attached hydrogen (secondary N) is 1. The van der Waals surface area contributed by atoms with Crippen molar-refractivity contribution in [2.75, 3.05) is 5.43 Å². The molecule has 0 saturated heterocycles. The first kappa shape index (κ1) is 8.90. The molecule has 0 radical (unpaired) electrons. The Labute approximate surface area is 86.1 Å². The minimum absolute atomic E-state index is 0.874. The van der Waals surface area contributed by atoms with E-state index in [0.29, 0.717) is 0 Å². The maximum absolute atomic E-state index is 4.08. The van der Waals surface area contributed by atoms with Crippen LogP contribution in [0.5, 0.6) is 0 Å². The summed E-state index contributed by atoms with van der Waals surface area (Å²) in [6, 6.07) is 9.80. The summed E-state index contributed by atoms with van der Waals surface area (Å²) in [4.78, 5) is 4.08. The second-order valence-corrected chi connectivity index (χ2v) is 3.37. The smallest absolute Gasteiger partial charge is 0.0939 e. The molecule has 0 aliphatic heterocycles. The zero-order valence-electron chi connectivity index (χ0n) is 7.42. The van der Waals surface area contributed by atoms with Crippen molar-refractivity contribution in [2.45, 2.75) is 0 Å². The highest BCUT2D eigenvalue weighted by atomic mass is 32.1. The predicted octanol–water partition coefficient (Wildman–Crippen LogP) is 2.59. The number of rotatable bonds is 3. The summed E-state index contributed by atoms with van der Waals surface area (Å²) in [5.41, 5.74) is 6.54. The Morgan fingerprint density at radius 1 is 1.29 bits per heavy atom. The topological polar surface area (TPSA) is 37.3 Å². The van der Waals surface area contributed by atoms with Gasteiger partial charge in [-0.05, 0) is 12.1 Å². The normalized spacial score (nSPS) is 10.6. The Morgan fingerprint density at radius 3 is 2.86 bits per heavy atom. The van der Waals surface area contributed by atoms with E-state index in [-0.39, 0.29) is 0 Å². The molecule has 0 fully saturated rings. The zero-order chi connectivity index (χ0) is 9.64. The van der Waals surface area contributed by atoms with E-state index in [1.807, 2.05) is 35.7 Å². The van der Waals surface area contributed by atoms with Crippen LogP contribution in [-0.4, -0.2) is 11.2 Å². The Kier molecular flexibility index (Phi) is 2.88. The molecule has 1 aromatic carbocycles. The monoisotopic (exact) mass is 203 g/mol. The standard InChI is InChI=1S/C10H9N3S/c1-2-4-9(5-3-1)13-12-6-10-7-14-8-11-10/h1-8,13H/b12-6-. The molecular formula is C10H9N3S. The second-order valence-electron chi connectivity index (χ2n) is 2.65. The SMILES string of the molecule is C(=N/Nc1ccccc1)/c1cscn1. The van der Waals surface area contributed by atoms with Crippen molar-refractivity contribution in [1.29, 1.82) is 0 Å². The fraction of sp³-hybridized carbons (Fsp3) is 0. The van der Waals surface area contributed by atoms with Gasteiger partial charge in [-0.15, -0.1) is 11.3 Å². The molecule has 70 valence electrons. The molecule has 4 heteroatoms. The number of para-hydroxylation sites is 1. The first-order chi connectivity index (χ1) is 6.95. The van der Waals surface area contributed by atoms with Crippen molar-refractivity contribution in [2.24, 2.45) is 5.10 Å². The average molecular weight is 203 g/mol. The lowest BCUT2D eigenvalue weighted by molar-refractivity contribution is 1.32. The number of benzene rings is 1. The van der Waals surface area contributed by atoms with E-state index in [0.717, 1.165) is 11.4 Å². The molecule has 14 heavy (non-hydrogen) atoms. The molecule has 3 nitrogen and oxygen atoms in total. The van der Waals surface area contributed by atoms with Gasteiger partial charge in [0, 0.05) is 5.38 Å². The quantitative estimate of drug-likeness (QED) is 0.615. The Hall–Kier alpha value is -1.68. The van der Waals surface area contributed by atoms with Crippen molar-refractivity contribution in [3.63, 3.8) is 0 Å². The molecule has 0 aliphatic carbocycles. The average Bonchev–Trinajstić information content (AvgIpc) is 2.72. The Morgan fingerprint density at radius 2 is 2.14 bits per heavy atom. The number of thiazole rings is 1. The van der Waals surface area contributed by atoms with Crippen molar-refractivity contribution in [1.82, 2.24) is 4.98 Å². The first-order valence-electron chi connectivity index (χ1n) is 4.17. The van der Waals surface area contributed by atoms with Gasteiger partial charge in [-0.3, -0.25) is 5.43 Å². The molecule has 0 saturated carbocycles. The molecule has 0 bridgehead atoms. The maximum atomic E-state index is 4.08. The molecule has 2 rings (SSSR count). The molecule has 0 spiro atoms. The van der Waals surface area contributed by atoms with Crippen LogP contribution in [0, 0.1) is 0 Å². The third-order valence-electron chi connectivity index (χ3n) is 1.62. The minimum atomic E-state index is 0.874. The van der Waals surface area contributed by atoms with Crippen molar-refractivity contribution in [3.8, 4) is 0 Å². The Balaban J connectivity index is 1.95. The molecular weight excluding hydrogens is 194 g/mol. The van der Waals surface area contributed by atoms with Gasteiger partial charge >= 0.3 is 0 Å². The summed E-state index contributed by atoms with van der Waals surface area (Å²) in [5, 5.41) is 5.99. The highest BCUT2D eigenvalue weighted by molar-refractivity contribution is 7.07. The van der Waals surface area contributed by atoms with Gasteiger partial charge in [0.15, 0.2) is 0 Å². The molecule has 1 heterocycles. The number of anilines is 1. The first-order valence-corrected chi connectivity index (χ1v) is 5.12. The second kappa shape index (κ2) is 4.53. The fourth-order valence-corrected chi connectivity index (χ4v) is 1.48. The van der Waals surface area contributed by atoms with Crippen molar-refractivity contribution < 1.29 is 0 Å². The molecule has 0 unspecified atom stereocenters. The summed E-state index contributed by atoms with van der Waals surface area (Å²) in [6.07, 6.45) is 1.70. The Bertz CT molecular complexity index is 395. The van der Waals surface area contributed by atoms with Crippen molar-refractivity contribution in [3.05, 3.63) is 46.9 Å². The van der Waals surface area contributed by atoms with E-state index >= 15 is 0 Å². The van der Waals surface area contributed by atoms with E-state index in [2.05, 4.69) is 15.5 Å². The number of nitrogens with zero attached hydrogens (tertiary/aromatic N) is 2. The van der Waals surface area contributed by atoms with Crippen LogP contribution in [-0.2, 0) is 0 Å². The van der Waals surface area contributed by atoms with E-state index in [4.69, 9.17) is 0 Å². The number of aromatic nitrogens is 1. The van der Waals surface area contributed by atoms with E-state index in [9.17, 15) is 0 Å². The highest BCUT2D eigenvalue weighted by Gasteiger charge is 1.87. The number of hydrazone groups is 1. The fourth-order valence-electron chi connectivity index (χ4n) is 0.971. The molecule has 0 amide bonds. The van der Waals surface area contributed by atoms with Gasteiger partial charge in [-0.2, -0.15) is 5.10 Å². The van der Waals surface area contributed by atoms with Gasteiger partial charge in [0.25, 0.3) is 0 Å². The molecule has 1 aromatic heterocycles. The van der Waals surface area contributed by atoms with Crippen molar-refractivity contribution >= 4 is 23.2 Å². The van der Waals surface area contributed by atoms with E-state index < -0.39 is 0 Å². The van der Waals surface area contributed by atoms with Gasteiger partial charge < -0.3 is 0 Å². The third-order valence-corrected chi connectivity index (χ3v) is 2.22.